The third-order valence-corrected chi connectivity index (χ3v) is 7.24. The summed E-state index contributed by atoms with van der Waals surface area (Å²) in [5, 5.41) is 0. The molecular formula is C20H30N2O4S. The van der Waals surface area contributed by atoms with Crippen LogP contribution in [0.2, 0.25) is 0 Å². The topological polar surface area (TPSA) is 66.9 Å². The smallest absolute Gasteiger partial charge is 0.223 e. The first-order valence-corrected chi connectivity index (χ1v) is 11.4. The molecular weight excluding hydrogens is 364 g/mol. The Hall–Kier alpha value is -1.60. The van der Waals surface area contributed by atoms with Crippen molar-refractivity contribution in [3.63, 3.8) is 0 Å². The quantitative estimate of drug-likeness (QED) is 0.763. The minimum atomic E-state index is -3.12. The fourth-order valence-electron chi connectivity index (χ4n) is 4.27. The molecule has 2 atom stereocenters. The van der Waals surface area contributed by atoms with E-state index in [0.717, 1.165) is 16.9 Å². The van der Waals surface area contributed by atoms with Gasteiger partial charge in [-0.15, -0.1) is 0 Å². The highest BCUT2D eigenvalue weighted by Gasteiger charge is 2.47. The fourth-order valence-corrected chi connectivity index (χ4v) is 6.28. The molecule has 2 heterocycles. The van der Waals surface area contributed by atoms with Crippen LogP contribution < -0.4 is 4.74 Å². The largest absolute Gasteiger partial charge is 0.496 e. The van der Waals surface area contributed by atoms with E-state index < -0.39 is 9.84 Å². The van der Waals surface area contributed by atoms with Crippen LogP contribution in [0.5, 0.6) is 5.75 Å². The second kappa shape index (κ2) is 7.80. The Balaban J connectivity index is 1.79. The highest BCUT2D eigenvalue weighted by molar-refractivity contribution is 7.91. The van der Waals surface area contributed by atoms with Gasteiger partial charge in [-0.3, -0.25) is 9.69 Å². The molecule has 7 heteroatoms. The van der Waals surface area contributed by atoms with E-state index in [1.807, 2.05) is 37.8 Å². The Bertz CT molecular complexity index is 806. The number of sulfone groups is 1. The standard InChI is InChI=1S/C20H30N2O4S/c1-14(2)9-20(23)22-8-7-21(17-12-27(24,25)13-18(17)22)11-16-5-6-19(26-4)15(3)10-16/h5-6,10,14,17-18H,7-9,11-13H2,1-4H3/t17-,18+/m0/s1. The number of carbonyl (C=O) groups excluding carboxylic acids is 1. The van der Waals surface area contributed by atoms with Crippen LogP contribution in [-0.2, 0) is 21.2 Å². The van der Waals surface area contributed by atoms with E-state index in [2.05, 4.69) is 11.0 Å². The average Bonchev–Trinajstić information content (AvgIpc) is 2.90. The number of rotatable bonds is 5. The molecule has 1 amide bonds. The molecule has 3 rings (SSSR count). The van der Waals surface area contributed by atoms with E-state index in [1.54, 1.807) is 7.11 Å². The minimum Gasteiger partial charge on any atom is -0.496 e. The Kier molecular flexibility index (Phi) is 5.82. The zero-order valence-corrected chi connectivity index (χ0v) is 17.5. The number of hydrogen-bond donors (Lipinski definition) is 0. The van der Waals surface area contributed by atoms with Crippen molar-refractivity contribution in [2.24, 2.45) is 5.92 Å². The molecule has 0 aromatic heterocycles. The van der Waals surface area contributed by atoms with Gasteiger partial charge < -0.3 is 9.64 Å². The average molecular weight is 395 g/mol. The first kappa shape index (κ1) is 20.1. The highest BCUT2D eigenvalue weighted by atomic mass is 32.2. The van der Waals surface area contributed by atoms with Crippen molar-refractivity contribution < 1.29 is 17.9 Å². The fraction of sp³-hybridized carbons (Fsp3) is 0.650. The van der Waals surface area contributed by atoms with Gasteiger partial charge in [0.15, 0.2) is 9.84 Å². The predicted octanol–water partition coefficient (Wildman–Crippen LogP) is 1.86. The molecule has 150 valence electrons. The van der Waals surface area contributed by atoms with E-state index in [1.165, 1.54) is 0 Å². The third kappa shape index (κ3) is 4.46. The lowest BCUT2D eigenvalue weighted by molar-refractivity contribution is -0.137. The third-order valence-electron chi connectivity index (χ3n) is 5.54. The molecule has 0 aliphatic carbocycles. The van der Waals surface area contributed by atoms with Gasteiger partial charge in [0.1, 0.15) is 5.75 Å². The van der Waals surface area contributed by atoms with Crippen molar-refractivity contribution in [2.45, 2.75) is 45.8 Å². The Morgan fingerprint density at radius 3 is 2.56 bits per heavy atom. The minimum absolute atomic E-state index is 0.0806. The predicted molar refractivity (Wildman–Crippen MR) is 106 cm³/mol. The van der Waals surface area contributed by atoms with Gasteiger partial charge in [-0.05, 0) is 30.0 Å². The maximum absolute atomic E-state index is 12.6. The maximum atomic E-state index is 12.6. The maximum Gasteiger partial charge on any atom is 0.223 e. The number of aryl methyl sites for hydroxylation is 1. The lowest BCUT2D eigenvalue weighted by Crippen LogP contribution is -2.60. The molecule has 6 nitrogen and oxygen atoms in total. The van der Waals surface area contributed by atoms with Crippen LogP contribution in [0.1, 0.15) is 31.4 Å². The molecule has 1 aromatic carbocycles. The normalized spacial score (nSPS) is 24.9. The van der Waals surface area contributed by atoms with Crippen LogP contribution in [0.3, 0.4) is 0 Å². The van der Waals surface area contributed by atoms with Crippen LogP contribution in [0.25, 0.3) is 0 Å². The van der Waals surface area contributed by atoms with Crippen molar-refractivity contribution in [1.82, 2.24) is 9.80 Å². The summed E-state index contributed by atoms with van der Waals surface area (Å²) in [4.78, 5) is 16.7. The molecule has 2 aliphatic heterocycles. The molecule has 27 heavy (non-hydrogen) atoms. The van der Waals surface area contributed by atoms with Crippen molar-refractivity contribution in [2.75, 3.05) is 31.7 Å². The number of amides is 1. The van der Waals surface area contributed by atoms with Crippen molar-refractivity contribution in [3.8, 4) is 5.75 Å². The number of nitrogens with zero attached hydrogens (tertiary/aromatic N) is 2. The summed E-state index contributed by atoms with van der Waals surface area (Å²) in [5.74, 6) is 1.42. The molecule has 0 bridgehead atoms. The molecule has 2 fully saturated rings. The Morgan fingerprint density at radius 1 is 1.22 bits per heavy atom. The van der Waals surface area contributed by atoms with Crippen LogP contribution >= 0.6 is 0 Å². The number of benzene rings is 1. The number of ether oxygens (including phenoxy) is 1. The highest BCUT2D eigenvalue weighted by Crippen LogP contribution is 2.30. The first-order valence-electron chi connectivity index (χ1n) is 9.57. The zero-order chi connectivity index (χ0) is 19.8. The summed E-state index contributed by atoms with van der Waals surface area (Å²) in [7, 11) is -1.47. The number of methoxy groups -OCH3 is 1. The van der Waals surface area contributed by atoms with Gasteiger partial charge in [-0.2, -0.15) is 0 Å². The van der Waals surface area contributed by atoms with Gasteiger partial charge in [0.05, 0.1) is 24.7 Å². The molecule has 0 unspecified atom stereocenters. The molecule has 2 aliphatic rings. The molecule has 1 aromatic rings. The van der Waals surface area contributed by atoms with Gasteiger partial charge in [-0.25, -0.2) is 8.42 Å². The molecule has 2 saturated heterocycles. The second-order valence-electron chi connectivity index (χ2n) is 8.17. The second-order valence-corrected chi connectivity index (χ2v) is 10.3. The van der Waals surface area contributed by atoms with E-state index >= 15 is 0 Å². The van der Waals surface area contributed by atoms with Crippen molar-refractivity contribution in [3.05, 3.63) is 29.3 Å². The van der Waals surface area contributed by atoms with Gasteiger partial charge in [-0.1, -0.05) is 26.0 Å². The SMILES string of the molecule is COc1ccc(CN2CCN(C(=O)CC(C)C)[C@@H]3CS(=O)(=O)C[C@@H]32)cc1C. The summed E-state index contributed by atoms with van der Waals surface area (Å²) in [6.45, 7) is 8.02. The summed E-state index contributed by atoms with van der Waals surface area (Å²) in [5.41, 5.74) is 2.20. The number of fused-ring (bicyclic) bond motifs is 1. The Labute approximate surface area is 162 Å². The number of piperazine rings is 1. The van der Waals surface area contributed by atoms with Crippen LogP contribution in [0.15, 0.2) is 18.2 Å². The van der Waals surface area contributed by atoms with Gasteiger partial charge in [0.2, 0.25) is 5.91 Å². The van der Waals surface area contributed by atoms with Crippen LogP contribution in [0, 0.1) is 12.8 Å². The number of carbonyl (C=O) groups is 1. The van der Waals surface area contributed by atoms with Crippen molar-refractivity contribution >= 4 is 15.7 Å². The van der Waals surface area contributed by atoms with Gasteiger partial charge >= 0.3 is 0 Å². The Morgan fingerprint density at radius 2 is 1.93 bits per heavy atom. The number of hydrogen-bond acceptors (Lipinski definition) is 5. The molecule has 0 saturated carbocycles. The summed E-state index contributed by atoms with van der Waals surface area (Å²) >= 11 is 0. The van der Waals surface area contributed by atoms with Crippen LogP contribution in [0.4, 0.5) is 0 Å². The summed E-state index contributed by atoms with van der Waals surface area (Å²) < 4.78 is 30.0. The van der Waals surface area contributed by atoms with Gasteiger partial charge in [0, 0.05) is 32.1 Å². The van der Waals surface area contributed by atoms with Gasteiger partial charge in [0.25, 0.3) is 0 Å². The monoisotopic (exact) mass is 394 g/mol. The summed E-state index contributed by atoms with van der Waals surface area (Å²) in [6, 6.07) is 5.72. The lowest BCUT2D eigenvalue weighted by atomic mass is 10.0. The van der Waals surface area contributed by atoms with Crippen molar-refractivity contribution in [1.29, 1.82) is 0 Å². The summed E-state index contributed by atoms with van der Waals surface area (Å²) in [6.07, 6.45) is 0.473. The van der Waals surface area contributed by atoms with Crippen LogP contribution in [-0.4, -0.2) is 67.9 Å². The van der Waals surface area contributed by atoms with E-state index in [4.69, 9.17) is 4.74 Å². The molecule has 0 N–H and O–H groups in total. The zero-order valence-electron chi connectivity index (χ0n) is 16.6. The van der Waals surface area contributed by atoms with E-state index in [-0.39, 0.29) is 35.4 Å². The molecule has 0 spiro atoms. The van der Waals surface area contributed by atoms with E-state index in [0.29, 0.717) is 26.1 Å². The first-order chi connectivity index (χ1) is 12.7. The molecule has 0 radical (unpaired) electrons. The lowest BCUT2D eigenvalue weighted by Gasteiger charge is -2.44. The van der Waals surface area contributed by atoms with E-state index in [9.17, 15) is 13.2 Å².